The Kier molecular flexibility index (Phi) is 7.52. The molecular weight excluding hydrogens is 395 g/mol. The second-order valence-electron chi connectivity index (χ2n) is 6.71. The Morgan fingerprint density at radius 2 is 1.88 bits per heavy atom. The second kappa shape index (κ2) is 9.22. The number of sulfone groups is 1. The molecule has 0 bridgehead atoms. The Morgan fingerprint density at radius 3 is 2.42 bits per heavy atom. The highest BCUT2D eigenvalue weighted by atomic mass is 35.5. The quantitative estimate of drug-likeness (QED) is 0.638. The maximum atomic E-state index is 12.8. The highest BCUT2D eigenvalue weighted by Gasteiger charge is 2.33. The monoisotopic (exact) mass is 418 g/mol. The van der Waals surface area contributed by atoms with Crippen molar-refractivity contribution in [1.82, 2.24) is 9.80 Å². The van der Waals surface area contributed by atoms with Crippen LogP contribution < -0.4 is 0 Å². The van der Waals surface area contributed by atoms with E-state index in [4.69, 9.17) is 23.2 Å². The lowest BCUT2D eigenvalue weighted by molar-refractivity contribution is -0.127. The first-order chi connectivity index (χ1) is 12.2. The molecule has 144 valence electrons. The lowest BCUT2D eigenvalue weighted by Crippen LogP contribution is -2.41. The average Bonchev–Trinajstić information content (AvgIpc) is 2.90. The van der Waals surface area contributed by atoms with Crippen molar-refractivity contribution in [2.75, 3.05) is 38.7 Å². The number of carbonyl (C=O) groups is 1. The van der Waals surface area contributed by atoms with E-state index in [1.807, 2.05) is 19.0 Å². The zero-order chi connectivity index (χ0) is 19.3. The number of hydrogen-bond acceptors (Lipinski definition) is 4. The molecule has 1 fully saturated rings. The summed E-state index contributed by atoms with van der Waals surface area (Å²) in [6.07, 6.45) is 4.27. The van der Waals surface area contributed by atoms with Gasteiger partial charge in [0.25, 0.3) is 0 Å². The van der Waals surface area contributed by atoms with Gasteiger partial charge in [-0.3, -0.25) is 4.79 Å². The van der Waals surface area contributed by atoms with E-state index in [0.29, 0.717) is 28.6 Å². The molecule has 1 atom stereocenters. The molecule has 2 rings (SSSR count). The molecule has 26 heavy (non-hydrogen) atoms. The fraction of sp³-hybridized carbons (Fsp3) is 0.500. The van der Waals surface area contributed by atoms with E-state index < -0.39 is 9.84 Å². The lowest BCUT2D eigenvalue weighted by Gasteiger charge is -2.27. The van der Waals surface area contributed by atoms with E-state index in [1.54, 1.807) is 29.2 Å². The summed E-state index contributed by atoms with van der Waals surface area (Å²) in [6, 6.07) is 4.87. The zero-order valence-corrected chi connectivity index (χ0v) is 17.3. The summed E-state index contributed by atoms with van der Waals surface area (Å²) in [6.45, 7) is 1.33. The Labute approximate surface area is 165 Å². The predicted molar refractivity (Wildman–Crippen MR) is 107 cm³/mol. The number of amides is 1. The van der Waals surface area contributed by atoms with E-state index in [2.05, 4.69) is 0 Å². The molecule has 1 aliphatic heterocycles. The minimum Gasteiger partial charge on any atom is -0.335 e. The van der Waals surface area contributed by atoms with Crippen molar-refractivity contribution in [2.45, 2.75) is 18.9 Å². The fourth-order valence-corrected chi connectivity index (χ4v) is 5.23. The van der Waals surface area contributed by atoms with Crippen molar-refractivity contribution in [3.8, 4) is 0 Å². The Morgan fingerprint density at radius 1 is 1.23 bits per heavy atom. The van der Waals surface area contributed by atoms with Crippen LogP contribution in [0, 0.1) is 0 Å². The summed E-state index contributed by atoms with van der Waals surface area (Å²) in [5.41, 5.74) is 0.580. The van der Waals surface area contributed by atoms with Gasteiger partial charge in [0.1, 0.15) is 0 Å². The number of hydrogen-bond donors (Lipinski definition) is 0. The van der Waals surface area contributed by atoms with Crippen LogP contribution in [-0.4, -0.2) is 68.9 Å². The number of carbonyl (C=O) groups excluding carboxylic acids is 1. The van der Waals surface area contributed by atoms with Crippen LogP contribution in [0.1, 0.15) is 18.4 Å². The van der Waals surface area contributed by atoms with Gasteiger partial charge in [-0.05, 0) is 51.7 Å². The summed E-state index contributed by atoms with van der Waals surface area (Å²) < 4.78 is 23.6. The molecule has 1 unspecified atom stereocenters. The molecule has 0 aliphatic carbocycles. The Balaban J connectivity index is 2.15. The second-order valence-corrected chi connectivity index (χ2v) is 9.76. The molecule has 0 N–H and O–H groups in total. The standard InChI is InChI=1S/C18H24Cl2N2O3S/c1-21(2)10-4-11-22(14-9-12-26(24,25)13-14)18(23)8-7-15-16(19)5-3-6-17(15)20/h3,5-8,14H,4,9-13H2,1-2H3/b8-7+. The van der Waals surface area contributed by atoms with Gasteiger partial charge in [0, 0.05) is 34.3 Å². The van der Waals surface area contributed by atoms with Crippen LogP contribution in [0.4, 0.5) is 0 Å². The summed E-state index contributed by atoms with van der Waals surface area (Å²) >= 11 is 12.3. The van der Waals surface area contributed by atoms with E-state index >= 15 is 0 Å². The van der Waals surface area contributed by atoms with Crippen LogP contribution in [0.2, 0.25) is 10.0 Å². The molecule has 0 radical (unpaired) electrons. The first kappa shape index (κ1) is 21.2. The van der Waals surface area contributed by atoms with Crippen molar-refractivity contribution in [3.63, 3.8) is 0 Å². The molecule has 1 aromatic rings. The predicted octanol–water partition coefficient (Wildman–Crippen LogP) is 2.97. The van der Waals surface area contributed by atoms with E-state index in [-0.39, 0.29) is 23.5 Å². The average molecular weight is 419 g/mol. The van der Waals surface area contributed by atoms with Crippen LogP contribution >= 0.6 is 23.2 Å². The molecule has 1 heterocycles. The maximum Gasteiger partial charge on any atom is 0.246 e. The molecule has 5 nitrogen and oxygen atoms in total. The van der Waals surface area contributed by atoms with Gasteiger partial charge >= 0.3 is 0 Å². The molecule has 1 amide bonds. The van der Waals surface area contributed by atoms with Gasteiger partial charge in [-0.1, -0.05) is 29.3 Å². The summed E-state index contributed by atoms with van der Waals surface area (Å²) in [5.74, 6) is -0.0572. The molecule has 0 spiro atoms. The fourth-order valence-electron chi connectivity index (χ4n) is 2.97. The van der Waals surface area contributed by atoms with Crippen molar-refractivity contribution in [2.24, 2.45) is 0 Å². The minimum absolute atomic E-state index is 0.0292. The van der Waals surface area contributed by atoms with Crippen LogP contribution in [0.25, 0.3) is 6.08 Å². The normalized spacial score (nSPS) is 19.3. The van der Waals surface area contributed by atoms with Crippen molar-refractivity contribution in [1.29, 1.82) is 0 Å². The molecule has 0 aromatic heterocycles. The van der Waals surface area contributed by atoms with E-state index in [0.717, 1.165) is 13.0 Å². The third-order valence-electron chi connectivity index (χ3n) is 4.33. The summed E-state index contributed by atoms with van der Waals surface area (Å²) in [4.78, 5) is 16.5. The highest BCUT2D eigenvalue weighted by Crippen LogP contribution is 2.26. The van der Waals surface area contributed by atoms with Gasteiger partial charge in [-0.15, -0.1) is 0 Å². The van der Waals surface area contributed by atoms with Crippen molar-refractivity contribution >= 4 is 45.0 Å². The maximum absolute atomic E-state index is 12.8. The Bertz CT molecular complexity index is 758. The topological polar surface area (TPSA) is 57.7 Å². The van der Waals surface area contributed by atoms with Crippen LogP contribution in [0.15, 0.2) is 24.3 Å². The smallest absolute Gasteiger partial charge is 0.246 e. The highest BCUT2D eigenvalue weighted by molar-refractivity contribution is 7.91. The summed E-state index contributed by atoms with van der Waals surface area (Å²) in [5, 5.41) is 0.924. The number of halogens is 2. The van der Waals surface area contributed by atoms with Crippen molar-refractivity contribution in [3.05, 3.63) is 39.9 Å². The minimum atomic E-state index is -3.07. The molecule has 8 heteroatoms. The van der Waals surface area contributed by atoms with Crippen LogP contribution in [0.3, 0.4) is 0 Å². The molecule has 1 aromatic carbocycles. The van der Waals surface area contributed by atoms with E-state index in [1.165, 1.54) is 6.08 Å². The third-order valence-corrected chi connectivity index (χ3v) is 6.74. The van der Waals surface area contributed by atoms with Gasteiger partial charge < -0.3 is 9.80 Å². The summed E-state index contributed by atoms with van der Waals surface area (Å²) in [7, 11) is 0.861. The van der Waals surface area contributed by atoms with Gasteiger partial charge in [-0.25, -0.2) is 8.42 Å². The van der Waals surface area contributed by atoms with Crippen molar-refractivity contribution < 1.29 is 13.2 Å². The van der Waals surface area contributed by atoms with Gasteiger partial charge in [0.05, 0.1) is 11.5 Å². The van der Waals surface area contributed by atoms with Crippen LogP contribution in [0.5, 0.6) is 0 Å². The third kappa shape index (κ3) is 5.98. The van der Waals surface area contributed by atoms with Gasteiger partial charge in [-0.2, -0.15) is 0 Å². The molecular formula is C18H24Cl2N2O3S. The van der Waals surface area contributed by atoms with Gasteiger partial charge in [0.15, 0.2) is 9.84 Å². The molecule has 0 saturated carbocycles. The number of benzene rings is 1. The number of nitrogens with zero attached hydrogens (tertiary/aromatic N) is 2. The first-order valence-electron chi connectivity index (χ1n) is 8.47. The number of rotatable bonds is 7. The lowest BCUT2D eigenvalue weighted by atomic mass is 10.1. The Hall–Kier alpha value is -1.08. The first-order valence-corrected chi connectivity index (χ1v) is 11.0. The van der Waals surface area contributed by atoms with E-state index in [9.17, 15) is 13.2 Å². The van der Waals surface area contributed by atoms with Gasteiger partial charge in [0.2, 0.25) is 5.91 Å². The molecule has 1 aliphatic rings. The SMILES string of the molecule is CN(C)CCCN(C(=O)/C=C/c1c(Cl)cccc1Cl)C1CCS(=O)(=O)C1. The largest absolute Gasteiger partial charge is 0.335 e. The van der Waals surface area contributed by atoms with Crippen LogP contribution in [-0.2, 0) is 14.6 Å². The molecule has 1 saturated heterocycles. The zero-order valence-electron chi connectivity index (χ0n) is 15.0.